The number of aromatic nitrogens is 3. The largest absolute Gasteiger partial charge is 0.469 e. The van der Waals surface area contributed by atoms with E-state index in [1.54, 1.807) is 17.3 Å². The lowest BCUT2D eigenvalue weighted by Crippen LogP contribution is -2.14. The molecule has 2 N–H and O–H groups in total. The van der Waals surface area contributed by atoms with Gasteiger partial charge in [0.05, 0.1) is 24.2 Å². The van der Waals surface area contributed by atoms with Gasteiger partial charge < -0.3 is 10.2 Å². The molecule has 2 heterocycles. The van der Waals surface area contributed by atoms with Gasteiger partial charge in [0.25, 0.3) is 0 Å². The third-order valence-corrected chi connectivity index (χ3v) is 2.88. The highest BCUT2D eigenvalue weighted by Crippen LogP contribution is 2.14. The summed E-state index contributed by atoms with van der Waals surface area (Å²) in [5.74, 6) is 0.849. The van der Waals surface area contributed by atoms with Crippen LogP contribution >= 0.6 is 0 Å². The van der Waals surface area contributed by atoms with Gasteiger partial charge in [-0.2, -0.15) is 15.0 Å². The average molecular weight is 254 g/mol. The first-order chi connectivity index (χ1) is 9.33. The molecule has 0 bridgehead atoms. The Kier molecular flexibility index (Phi) is 3.12. The van der Waals surface area contributed by atoms with Crippen molar-refractivity contribution in [3.05, 3.63) is 66.4 Å². The lowest BCUT2D eigenvalue weighted by atomic mass is 10.1. The molecule has 5 nitrogen and oxygen atoms in total. The first kappa shape index (κ1) is 11.7. The van der Waals surface area contributed by atoms with Crippen molar-refractivity contribution in [2.75, 3.05) is 0 Å². The minimum atomic E-state index is -0.219. The van der Waals surface area contributed by atoms with E-state index in [2.05, 4.69) is 10.2 Å². The van der Waals surface area contributed by atoms with Crippen molar-refractivity contribution in [2.45, 2.75) is 12.5 Å². The van der Waals surface area contributed by atoms with Crippen molar-refractivity contribution >= 4 is 0 Å². The number of benzene rings is 1. The number of nitrogens with zero attached hydrogens (tertiary/aromatic N) is 3. The van der Waals surface area contributed by atoms with Crippen molar-refractivity contribution in [1.29, 1.82) is 0 Å². The van der Waals surface area contributed by atoms with Crippen LogP contribution in [0.15, 0.2) is 59.3 Å². The van der Waals surface area contributed by atoms with E-state index < -0.39 is 0 Å². The maximum absolute atomic E-state index is 6.10. The van der Waals surface area contributed by atoms with Crippen molar-refractivity contribution in [3.8, 4) is 5.69 Å². The van der Waals surface area contributed by atoms with E-state index in [0.29, 0.717) is 6.42 Å². The summed E-state index contributed by atoms with van der Waals surface area (Å²) in [6.45, 7) is 0. The highest BCUT2D eigenvalue weighted by Gasteiger charge is 2.13. The Hall–Kier alpha value is -2.40. The van der Waals surface area contributed by atoms with Crippen LogP contribution in [0.2, 0.25) is 0 Å². The zero-order valence-corrected chi connectivity index (χ0v) is 10.3. The van der Waals surface area contributed by atoms with E-state index in [-0.39, 0.29) is 6.04 Å². The summed E-state index contributed by atoms with van der Waals surface area (Å²) in [6, 6.07) is 13.3. The third kappa shape index (κ3) is 2.56. The molecule has 2 aromatic heterocycles. The zero-order valence-electron chi connectivity index (χ0n) is 10.3. The molecule has 0 spiro atoms. The summed E-state index contributed by atoms with van der Waals surface area (Å²) < 4.78 is 5.28. The average Bonchev–Trinajstić information content (AvgIpc) is 3.10. The van der Waals surface area contributed by atoms with Crippen molar-refractivity contribution < 1.29 is 4.42 Å². The van der Waals surface area contributed by atoms with Gasteiger partial charge in [-0.15, -0.1) is 0 Å². The Labute approximate surface area is 110 Å². The number of rotatable bonds is 4. The van der Waals surface area contributed by atoms with E-state index in [4.69, 9.17) is 10.2 Å². The lowest BCUT2D eigenvalue weighted by molar-refractivity contribution is 0.485. The molecule has 0 aliphatic carbocycles. The summed E-state index contributed by atoms with van der Waals surface area (Å²) in [7, 11) is 0. The van der Waals surface area contributed by atoms with E-state index in [0.717, 1.165) is 17.1 Å². The predicted molar refractivity (Wildman–Crippen MR) is 70.7 cm³/mol. The molecule has 1 atom stereocenters. The molecular weight excluding hydrogens is 240 g/mol. The second kappa shape index (κ2) is 5.07. The van der Waals surface area contributed by atoms with Crippen molar-refractivity contribution in [2.24, 2.45) is 5.73 Å². The van der Waals surface area contributed by atoms with Crippen LogP contribution in [0, 0.1) is 0 Å². The maximum atomic E-state index is 6.10. The monoisotopic (exact) mass is 254 g/mol. The fraction of sp³-hybridized carbons (Fsp3) is 0.143. The molecule has 1 aromatic carbocycles. The summed E-state index contributed by atoms with van der Waals surface area (Å²) in [4.78, 5) is 1.58. The molecule has 5 heteroatoms. The molecule has 0 aliphatic rings. The first-order valence-electron chi connectivity index (χ1n) is 6.08. The lowest BCUT2D eigenvalue weighted by Gasteiger charge is -2.05. The fourth-order valence-electron chi connectivity index (χ4n) is 1.88. The molecule has 3 rings (SSSR count). The Morgan fingerprint density at radius 1 is 1.16 bits per heavy atom. The zero-order chi connectivity index (χ0) is 13.1. The fourth-order valence-corrected chi connectivity index (χ4v) is 1.88. The van der Waals surface area contributed by atoms with Gasteiger partial charge in [0.15, 0.2) is 0 Å². The van der Waals surface area contributed by atoms with Gasteiger partial charge in [0.1, 0.15) is 11.5 Å². The van der Waals surface area contributed by atoms with Crippen molar-refractivity contribution in [3.63, 3.8) is 0 Å². The molecule has 3 aromatic rings. The first-order valence-corrected chi connectivity index (χ1v) is 6.08. The van der Waals surface area contributed by atoms with E-state index in [1.807, 2.05) is 42.5 Å². The topological polar surface area (TPSA) is 69.9 Å². The number of para-hydroxylation sites is 1. The van der Waals surface area contributed by atoms with Crippen LogP contribution in [0.3, 0.4) is 0 Å². The van der Waals surface area contributed by atoms with Crippen LogP contribution in [0.4, 0.5) is 0 Å². The quantitative estimate of drug-likeness (QED) is 0.774. The molecular formula is C14H14N4O. The van der Waals surface area contributed by atoms with Crippen LogP contribution in [0.25, 0.3) is 5.69 Å². The molecule has 0 saturated heterocycles. The Morgan fingerprint density at radius 3 is 2.74 bits per heavy atom. The number of hydrogen-bond donors (Lipinski definition) is 1. The summed E-state index contributed by atoms with van der Waals surface area (Å²) in [5.41, 5.74) is 7.77. The second-order valence-corrected chi connectivity index (χ2v) is 4.28. The molecule has 1 unspecified atom stereocenters. The molecule has 0 amide bonds. The Balaban J connectivity index is 1.78. The van der Waals surface area contributed by atoms with Gasteiger partial charge in [0.2, 0.25) is 0 Å². The van der Waals surface area contributed by atoms with Crippen LogP contribution in [-0.2, 0) is 6.42 Å². The standard InChI is InChI=1S/C14H14N4O/c15-13(9-12-7-4-8-19-12)14-10-16-18(17-14)11-5-2-1-3-6-11/h1-8,10,13H,9,15H2. The van der Waals surface area contributed by atoms with Gasteiger partial charge in [-0.25, -0.2) is 0 Å². The van der Waals surface area contributed by atoms with E-state index in [9.17, 15) is 0 Å². The van der Waals surface area contributed by atoms with Crippen LogP contribution in [0.5, 0.6) is 0 Å². The minimum absolute atomic E-state index is 0.219. The smallest absolute Gasteiger partial charge is 0.105 e. The maximum Gasteiger partial charge on any atom is 0.105 e. The summed E-state index contributed by atoms with van der Waals surface area (Å²) in [5, 5.41) is 8.63. The number of furan rings is 1. The minimum Gasteiger partial charge on any atom is -0.469 e. The van der Waals surface area contributed by atoms with Crippen LogP contribution in [-0.4, -0.2) is 15.0 Å². The molecule has 19 heavy (non-hydrogen) atoms. The van der Waals surface area contributed by atoms with Gasteiger partial charge in [0, 0.05) is 6.42 Å². The van der Waals surface area contributed by atoms with Crippen molar-refractivity contribution in [1.82, 2.24) is 15.0 Å². The second-order valence-electron chi connectivity index (χ2n) is 4.28. The summed E-state index contributed by atoms with van der Waals surface area (Å²) in [6.07, 6.45) is 3.95. The van der Waals surface area contributed by atoms with Gasteiger partial charge in [-0.1, -0.05) is 18.2 Å². The Bertz CT molecular complexity index is 631. The Morgan fingerprint density at radius 2 is 2.00 bits per heavy atom. The van der Waals surface area contributed by atoms with Crippen LogP contribution < -0.4 is 5.73 Å². The molecule has 0 fully saturated rings. The van der Waals surface area contributed by atoms with Crippen LogP contribution in [0.1, 0.15) is 17.5 Å². The summed E-state index contributed by atoms with van der Waals surface area (Å²) >= 11 is 0. The number of hydrogen-bond acceptors (Lipinski definition) is 4. The SMILES string of the molecule is NC(Cc1ccco1)c1cnn(-c2ccccc2)n1. The van der Waals surface area contributed by atoms with Gasteiger partial charge in [-0.05, 0) is 24.3 Å². The highest BCUT2D eigenvalue weighted by molar-refractivity contribution is 5.28. The van der Waals surface area contributed by atoms with Gasteiger partial charge >= 0.3 is 0 Å². The highest BCUT2D eigenvalue weighted by atomic mass is 16.3. The third-order valence-electron chi connectivity index (χ3n) is 2.88. The van der Waals surface area contributed by atoms with E-state index >= 15 is 0 Å². The molecule has 0 radical (unpaired) electrons. The molecule has 0 saturated carbocycles. The number of nitrogens with two attached hydrogens (primary N) is 1. The normalized spacial score (nSPS) is 12.5. The molecule has 96 valence electrons. The predicted octanol–water partition coefficient (Wildman–Crippen LogP) is 2.10. The van der Waals surface area contributed by atoms with E-state index in [1.165, 1.54) is 0 Å². The van der Waals surface area contributed by atoms with Gasteiger partial charge in [-0.3, -0.25) is 0 Å². The molecule has 0 aliphatic heterocycles.